The zero-order valence-electron chi connectivity index (χ0n) is 14.8. The number of hydrogen-bond acceptors (Lipinski definition) is 2. The molecule has 2 N–H and O–H groups in total. The maximum Gasteiger partial charge on any atom is 0.0836 e. The first-order valence-electron chi connectivity index (χ1n) is 8.76. The molecule has 1 unspecified atom stereocenters. The van der Waals surface area contributed by atoms with Crippen molar-refractivity contribution < 1.29 is 9.22 Å². The fraction of sp³-hybridized carbons (Fsp3) is 0.263. The molecule has 0 saturated heterocycles. The van der Waals surface area contributed by atoms with Crippen molar-refractivity contribution in [3.05, 3.63) is 76.9 Å². The molecule has 0 amide bonds. The van der Waals surface area contributed by atoms with Crippen molar-refractivity contribution in [2.24, 2.45) is 0 Å². The lowest BCUT2D eigenvalue weighted by molar-refractivity contribution is 0.179. The maximum absolute atomic E-state index is 10.6. The van der Waals surface area contributed by atoms with Gasteiger partial charge in [-0.1, -0.05) is 54.6 Å². The highest BCUT2D eigenvalue weighted by atomic mass is 16.3. The molecule has 0 radical (unpaired) electrons. The van der Waals surface area contributed by atoms with E-state index in [2.05, 4.69) is 17.5 Å². The summed E-state index contributed by atoms with van der Waals surface area (Å²) in [5.41, 5.74) is 5.21. The topological polar surface area (TPSA) is 32.3 Å². The van der Waals surface area contributed by atoms with Crippen LogP contribution < -0.4 is 5.32 Å². The standard InChI is InChI=1S/C19H21NO/c1-20-12-6-11-16-15-8-3-2-7-14(15)13-19(21)18-10-5-4-9-17(16)18/h2-5,7-11,19-21H,6,12-13H2,1H3/b16-11-/i1D3. The van der Waals surface area contributed by atoms with Crippen LogP contribution in [0.25, 0.3) is 5.57 Å². The lowest BCUT2D eigenvalue weighted by Crippen LogP contribution is -2.06. The predicted octanol–water partition coefficient (Wildman–Crippen LogP) is 3.32. The Morgan fingerprint density at radius 3 is 2.81 bits per heavy atom. The van der Waals surface area contributed by atoms with E-state index < -0.39 is 13.1 Å². The van der Waals surface area contributed by atoms with E-state index in [9.17, 15) is 5.11 Å². The molecule has 0 aliphatic heterocycles. The van der Waals surface area contributed by atoms with Crippen molar-refractivity contribution in [3.63, 3.8) is 0 Å². The van der Waals surface area contributed by atoms with Crippen molar-refractivity contribution in [1.82, 2.24) is 5.32 Å². The van der Waals surface area contributed by atoms with Gasteiger partial charge in [0, 0.05) is 10.5 Å². The number of aliphatic hydroxyl groups excluding tert-OH is 1. The lowest BCUT2D eigenvalue weighted by Gasteiger charge is -2.13. The van der Waals surface area contributed by atoms with Crippen LogP contribution in [0, 0.1) is 0 Å². The van der Waals surface area contributed by atoms with E-state index in [1.165, 1.54) is 0 Å². The molecule has 2 aromatic carbocycles. The Balaban J connectivity index is 1.99. The molecule has 1 aliphatic carbocycles. The normalized spacial score (nSPS) is 21.7. The highest BCUT2D eigenvalue weighted by Crippen LogP contribution is 2.37. The predicted molar refractivity (Wildman–Crippen MR) is 87.2 cm³/mol. The molecule has 0 heterocycles. The van der Waals surface area contributed by atoms with E-state index in [4.69, 9.17) is 4.11 Å². The van der Waals surface area contributed by atoms with Crippen molar-refractivity contribution in [1.29, 1.82) is 0 Å². The zero-order chi connectivity index (χ0) is 17.2. The smallest absolute Gasteiger partial charge is 0.0836 e. The van der Waals surface area contributed by atoms with E-state index in [-0.39, 0.29) is 0 Å². The minimum Gasteiger partial charge on any atom is -0.388 e. The number of benzene rings is 2. The Morgan fingerprint density at radius 2 is 1.95 bits per heavy atom. The Kier molecular flexibility index (Phi) is 3.21. The van der Waals surface area contributed by atoms with Crippen LogP contribution in [0.2, 0.25) is 0 Å². The summed E-state index contributed by atoms with van der Waals surface area (Å²) in [6.45, 7) is -1.74. The molecule has 21 heavy (non-hydrogen) atoms. The number of fused-ring (bicyclic) bond motifs is 2. The molecule has 0 spiro atoms. The Labute approximate surface area is 130 Å². The number of nitrogens with one attached hydrogen (secondary N) is 1. The SMILES string of the molecule is [2H]C([2H])([2H])NCC/C=C1/c2ccccc2CC(O)c2ccccc21. The van der Waals surface area contributed by atoms with Crippen molar-refractivity contribution in [3.8, 4) is 0 Å². The van der Waals surface area contributed by atoms with Gasteiger partial charge >= 0.3 is 0 Å². The first kappa shape index (κ1) is 10.8. The van der Waals surface area contributed by atoms with E-state index in [0.29, 0.717) is 19.4 Å². The third-order valence-corrected chi connectivity index (χ3v) is 3.95. The first-order valence-corrected chi connectivity index (χ1v) is 7.26. The summed E-state index contributed by atoms with van der Waals surface area (Å²) >= 11 is 0. The molecular formula is C19H21NO. The third kappa shape index (κ3) is 2.78. The van der Waals surface area contributed by atoms with Gasteiger partial charge in [0.15, 0.2) is 0 Å². The molecule has 3 rings (SSSR count). The second-order valence-corrected chi connectivity index (χ2v) is 5.30. The summed E-state index contributed by atoms with van der Waals surface area (Å²) in [4.78, 5) is 0. The maximum atomic E-state index is 10.6. The van der Waals surface area contributed by atoms with Crippen LogP contribution in [0.5, 0.6) is 0 Å². The summed E-state index contributed by atoms with van der Waals surface area (Å²) in [5.74, 6) is 0. The molecule has 0 fully saturated rings. The summed E-state index contributed by atoms with van der Waals surface area (Å²) in [7, 11) is 0. The largest absolute Gasteiger partial charge is 0.388 e. The van der Waals surface area contributed by atoms with E-state index in [1.807, 2.05) is 42.5 Å². The average molecular weight is 282 g/mol. The molecule has 1 aliphatic rings. The monoisotopic (exact) mass is 282 g/mol. The van der Waals surface area contributed by atoms with Gasteiger partial charge in [-0.2, -0.15) is 0 Å². The highest BCUT2D eigenvalue weighted by molar-refractivity contribution is 5.84. The van der Waals surface area contributed by atoms with Crippen LogP contribution in [0.4, 0.5) is 0 Å². The molecule has 0 saturated carbocycles. The highest BCUT2D eigenvalue weighted by Gasteiger charge is 2.22. The Bertz CT molecular complexity index is 752. The molecule has 1 atom stereocenters. The molecule has 2 aromatic rings. The summed E-state index contributed by atoms with van der Waals surface area (Å²) in [6.07, 6.45) is 2.72. The average Bonchev–Trinajstić information content (AvgIpc) is 2.66. The van der Waals surface area contributed by atoms with Gasteiger partial charge in [0.25, 0.3) is 0 Å². The van der Waals surface area contributed by atoms with Crippen LogP contribution in [-0.2, 0) is 6.42 Å². The fourth-order valence-electron chi connectivity index (χ4n) is 2.97. The second kappa shape index (κ2) is 6.25. The fourth-order valence-corrected chi connectivity index (χ4v) is 2.97. The van der Waals surface area contributed by atoms with Gasteiger partial charge < -0.3 is 10.4 Å². The lowest BCUT2D eigenvalue weighted by atomic mass is 9.93. The number of aliphatic hydroxyl groups is 1. The van der Waals surface area contributed by atoms with Crippen LogP contribution in [0.3, 0.4) is 0 Å². The van der Waals surface area contributed by atoms with Gasteiger partial charge in [-0.05, 0) is 47.8 Å². The van der Waals surface area contributed by atoms with Crippen molar-refractivity contribution in [2.75, 3.05) is 13.5 Å². The van der Waals surface area contributed by atoms with E-state index in [1.54, 1.807) is 0 Å². The summed E-state index contributed by atoms with van der Waals surface area (Å²) in [6, 6.07) is 16.0. The molecule has 0 bridgehead atoms. The summed E-state index contributed by atoms with van der Waals surface area (Å²) < 4.78 is 21.7. The van der Waals surface area contributed by atoms with Gasteiger partial charge in [0.1, 0.15) is 0 Å². The molecular weight excluding hydrogens is 258 g/mol. The Hall–Kier alpha value is -1.90. The number of hydrogen-bond donors (Lipinski definition) is 2. The van der Waals surface area contributed by atoms with E-state index >= 15 is 0 Å². The molecule has 2 nitrogen and oxygen atoms in total. The van der Waals surface area contributed by atoms with Gasteiger partial charge in [-0.3, -0.25) is 0 Å². The minimum atomic E-state index is -2.12. The van der Waals surface area contributed by atoms with Gasteiger partial charge in [0.2, 0.25) is 0 Å². The molecule has 0 aromatic heterocycles. The summed E-state index contributed by atoms with van der Waals surface area (Å²) in [5, 5.41) is 13.1. The number of rotatable bonds is 3. The van der Waals surface area contributed by atoms with Gasteiger partial charge in [-0.25, -0.2) is 0 Å². The first-order chi connectivity index (χ1) is 11.5. The zero-order valence-corrected chi connectivity index (χ0v) is 11.8. The van der Waals surface area contributed by atoms with Crippen molar-refractivity contribution in [2.45, 2.75) is 18.9 Å². The Morgan fingerprint density at radius 1 is 1.19 bits per heavy atom. The molecule has 2 heteroatoms. The van der Waals surface area contributed by atoms with Gasteiger partial charge in [-0.15, -0.1) is 0 Å². The molecule has 108 valence electrons. The van der Waals surface area contributed by atoms with Crippen LogP contribution >= 0.6 is 0 Å². The van der Waals surface area contributed by atoms with Crippen LogP contribution in [0.1, 0.15) is 38.9 Å². The van der Waals surface area contributed by atoms with Crippen LogP contribution in [0.15, 0.2) is 54.6 Å². The van der Waals surface area contributed by atoms with Crippen molar-refractivity contribution >= 4 is 5.57 Å². The second-order valence-electron chi connectivity index (χ2n) is 5.30. The minimum absolute atomic E-state index is 0.382. The quantitative estimate of drug-likeness (QED) is 0.847. The third-order valence-electron chi connectivity index (χ3n) is 3.95. The van der Waals surface area contributed by atoms with E-state index in [0.717, 1.165) is 27.8 Å². The van der Waals surface area contributed by atoms with Gasteiger partial charge in [0.05, 0.1) is 6.10 Å². The van der Waals surface area contributed by atoms with Crippen LogP contribution in [-0.4, -0.2) is 18.6 Å².